The van der Waals surface area contributed by atoms with Crippen molar-refractivity contribution in [2.24, 2.45) is 0 Å². The Bertz CT molecular complexity index is 670. The van der Waals surface area contributed by atoms with Gasteiger partial charge in [0, 0.05) is 12.1 Å². The molecule has 0 bridgehead atoms. The molecule has 0 saturated carbocycles. The van der Waals surface area contributed by atoms with Crippen LogP contribution < -0.4 is 10.5 Å². The fourth-order valence-electron chi connectivity index (χ4n) is 1.77. The van der Waals surface area contributed by atoms with E-state index < -0.39 is 4.92 Å². The molecule has 8 heteroatoms. The van der Waals surface area contributed by atoms with E-state index in [9.17, 15) is 10.1 Å². The second kappa shape index (κ2) is 5.30. The van der Waals surface area contributed by atoms with Gasteiger partial charge in [-0.1, -0.05) is 17.7 Å². The predicted octanol–water partition coefficient (Wildman–Crippen LogP) is 3.03. The lowest BCUT2D eigenvalue weighted by Crippen LogP contribution is -2.00. The minimum atomic E-state index is -0.512. The van der Waals surface area contributed by atoms with Crippen molar-refractivity contribution < 1.29 is 9.66 Å². The first-order valence-corrected chi connectivity index (χ1v) is 5.98. The largest absolute Gasteiger partial charge is 0.431 e. The summed E-state index contributed by atoms with van der Waals surface area (Å²) in [5, 5.41) is 11.2. The number of nitro groups is 1. The SMILES string of the molecule is Cc1cc(C)c(Oc2cc(Cl)nc(N)n2)c([N+](=O)[O-])c1. The maximum absolute atomic E-state index is 11.1. The van der Waals surface area contributed by atoms with Crippen molar-refractivity contribution in [2.75, 3.05) is 5.73 Å². The number of halogens is 1. The molecule has 0 unspecified atom stereocenters. The van der Waals surface area contributed by atoms with Gasteiger partial charge in [-0.2, -0.15) is 4.98 Å². The Morgan fingerprint density at radius 1 is 1.30 bits per heavy atom. The van der Waals surface area contributed by atoms with E-state index in [1.807, 2.05) is 0 Å². The van der Waals surface area contributed by atoms with Crippen molar-refractivity contribution in [1.82, 2.24) is 9.97 Å². The molecule has 2 rings (SSSR count). The second-order valence-electron chi connectivity index (χ2n) is 4.18. The second-order valence-corrected chi connectivity index (χ2v) is 4.56. The number of aryl methyl sites for hydroxylation is 2. The molecule has 0 atom stereocenters. The quantitative estimate of drug-likeness (QED) is 0.530. The van der Waals surface area contributed by atoms with Gasteiger partial charge in [0.05, 0.1) is 4.92 Å². The lowest BCUT2D eigenvalue weighted by molar-refractivity contribution is -0.385. The minimum Gasteiger partial charge on any atom is -0.431 e. The van der Waals surface area contributed by atoms with Crippen molar-refractivity contribution >= 4 is 23.2 Å². The van der Waals surface area contributed by atoms with Crippen LogP contribution >= 0.6 is 11.6 Å². The van der Waals surface area contributed by atoms with Crippen molar-refractivity contribution in [3.63, 3.8) is 0 Å². The number of benzene rings is 1. The summed E-state index contributed by atoms with van der Waals surface area (Å²) in [5.74, 6) is 0.0900. The summed E-state index contributed by atoms with van der Waals surface area (Å²) in [5.41, 5.74) is 6.69. The maximum atomic E-state index is 11.1. The number of nitrogens with zero attached hydrogens (tertiary/aromatic N) is 3. The third kappa shape index (κ3) is 2.94. The number of nitro benzene ring substituents is 1. The van der Waals surface area contributed by atoms with Crippen LogP contribution in [0.25, 0.3) is 0 Å². The van der Waals surface area contributed by atoms with Gasteiger partial charge in [0.15, 0.2) is 0 Å². The van der Waals surface area contributed by atoms with Crippen LogP contribution in [0.5, 0.6) is 11.6 Å². The maximum Gasteiger partial charge on any atom is 0.312 e. The highest BCUT2D eigenvalue weighted by molar-refractivity contribution is 6.29. The van der Waals surface area contributed by atoms with Gasteiger partial charge < -0.3 is 10.5 Å². The third-order valence-electron chi connectivity index (χ3n) is 2.49. The van der Waals surface area contributed by atoms with E-state index in [0.29, 0.717) is 5.56 Å². The van der Waals surface area contributed by atoms with Crippen molar-refractivity contribution in [2.45, 2.75) is 13.8 Å². The zero-order chi connectivity index (χ0) is 14.9. The standard InChI is InChI=1S/C12H11ClN4O3/c1-6-3-7(2)11(8(4-6)17(18)19)20-10-5-9(13)15-12(14)16-10/h3-5H,1-2H3,(H2,14,15,16). The molecule has 2 aromatic rings. The Kier molecular flexibility index (Phi) is 3.71. The molecule has 7 nitrogen and oxygen atoms in total. The lowest BCUT2D eigenvalue weighted by atomic mass is 10.1. The topological polar surface area (TPSA) is 104 Å². The lowest BCUT2D eigenvalue weighted by Gasteiger charge is -2.09. The van der Waals surface area contributed by atoms with Gasteiger partial charge in [0.25, 0.3) is 0 Å². The number of rotatable bonds is 3. The summed E-state index contributed by atoms with van der Waals surface area (Å²) in [6.07, 6.45) is 0. The molecule has 0 aliphatic heterocycles. The summed E-state index contributed by atoms with van der Waals surface area (Å²) in [7, 11) is 0. The fourth-order valence-corrected chi connectivity index (χ4v) is 1.95. The van der Waals surface area contributed by atoms with Crippen LogP contribution in [0.2, 0.25) is 5.15 Å². The van der Waals surface area contributed by atoms with Gasteiger partial charge in [0.1, 0.15) is 5.15 Å². The molecule has 0 aliphatic carbocycles. The van der Waals surface area contributed by atoms with Crippen LogP contribution in [0.3, 0.4) is 0 Å². The van der Waals surface area contributed by atoms with Gasteiger partial charge in [-0.05, 0) is 25.0 Å². The van der Waals surface area contributed by atoms with Crippen molar-refractivity contribution in [1.29, 1.82) is 0 Å². The first kappa shape index (κ1) is 14.0. The number of nitrogen functional groups attached to an aromatic ring is 1. The number of hydrogen-bond donors (Lipinski definition) is 1. The molecule has 2 N–H and O–H groups in total. The van der Waals surface area contributed by atoms with Crippen LogP contribution in [0.15, 0.2) is 18.2 Å². The predicted molar refractivity (Wildman–Crippen MR) is 74.1 cm³/mol. The summed E-state index contributed by atoms with van der Waals surface area (Å²) >= 11 is 5.74. The molecule has 20 heavy (non-hydrogen) atoms. The normalized spacial score (nSPS) is 10.3. The summed E-state index contributed by atoms with van der Waals surface area (Å²) in [4.78, 5) is 18.1. The van der Waals surface area contributed by atoms with Crippen LogP contribution in [0, 0.1) is 24.0 Å². The Morgan fingerprint density at radius 3 is 2.60 bits per heavy atom. The van der Waals surface area contributed by atoms with Crippen LogP contribution in [-0.2, 0) is 0 Å². The Balaban J connectivity index is 2.50. The van der Waals surface area contributed by atoms with Crippen molar-refractivity contribution in [3.05, 3.63) is 44.6 Å². The van der Waals surface area contributed by atoms with Gasteiger partial charge in [0.2, 0.25) is 17.6 Å². The minimum absolute atomic E-state index is 0.0533. The molecule has 1 heterocycles. The average Bonchev–Trinajstić information content (AvgIpc) is 2.30. The van der Waals surface area contributed by atoms with E-state index >= 15 is 0 Å². The smallest absolute Gasteiger partial charge is 0.312 e. The molecule has 1 aromatic heterocycles. The van der Waals surface area contributed by atoms with E-state index in [2.05, 4.69) is 9.97 Å². The monoisotopic (exact) mass is 294 g/mol. The molecular formula is C12H11ClN4O3. The fraction of sp³-hybridized carbons (Fsp3) is 0.167. The molecule has 0 amide bonds. The zero-order valence-corrected chi connectivity index (χ0v) is 11.5. The summed E-state index contributed by atoms with van der Waals surface area (Å²) in [6, 6.07) is 4.53. The molecule has 0 radical (unpaired) electrons. The third-order valence-corrected chi connectivity index (χ3v) is 2.68. The average molecular weight is 295 g/mol. The highest BCUT2D eigenvalue weighted by Gasteiger charge is 2.20. The van der Waals surface area contributed by atoms with Crippen LogP contribution in [0.4, 0.5) is 11.6 Å². The summed E-state index contributed by atoms with van der Waals surface area (Å²) in [6.45, 7) is 3.48. The Hall–Kier alpha value is -2.41. The molecule has 1 aromatic carbocycles. The molecule has 104 valence electrons. The molecule has 0 saturated heterocycles. The van der Waals surface area contributed by atoms with E-state index in [-0.39, 0.29) is 28.4 Å². The molecular weight excluding hydrogens is 284 g/mol. The highest BCUT2D eigenvalue weighted by atomic mass is 35.5. The number of ether oxygens (including phenoxy) is 1. The number of anilines is 1. The first-order valence-electron chi connectivity index (χ1n) is 5.60. The van der Waals surface area contributed by atoms with Crippen molar-refractivity contribution in [3.8, 4) is 11.6 Å². The first-order chi connectivity index (χ1) is 9.36. The number of hydrogen-bond acceptors (Lipinski definition) is 6. The van der Waals surface area contributed by atoms with E-state index in [4.69, 9.17) is 22.1 Å². The zero-order valence-electron chi connectivity index (χ0n) is 10.8. The Morgan fingerprint density at radius 2 is 2.00 bits per heavy atom. The number of aromatic nitrogens is 2. The summed E-state index contributed by atoms with van der Waals surface area (Å²) < 4.78 is 5.46. The van der Waals surface area contributed by atoms with Gasteiger partial charge >= 0.3 is 5.69 Å². The number of nitrogens with two attached hydrogens (primary N) is 1. The highest BCUT2D eigenvalue weighted by Crippen LogP contribution is 2.35. The van der Waals surface area contributed by atoms with E-state index in [1.54, 1.807) is 19.9 Å². The van der Waals surface area contributed by atoms with Gasteiger partial charge in [-0.15, -0.1) is 0 Å². The van der Waals surface area contributed by atoms with Crippen LogP contribution in [-0.4, -0.2) is 14.9 Å². The van der Waals surface area contributed by atoms with Gasteiger partial charge in [-0.25, -0.2) is 4.98 Å². The molecule has 0 spiro atoms. The molecule has 0 fully saturated rings. The molecule has 0 aliphatic rings. The van der Waals surface area contributed by atoms with Gasteiger partial charge in [-0.3, -0.25) is 10.1 Å². The van der Waals surface area contributed by atoms with E-state index in [0.717, 1.165) is 5.56 Å². The van der Waals surface area contributed by atoms with E-state index in [1.165, 1.54) is 12.1 Å². The Labute approximate surface area is 119 Å². The van der Waals surface area contributed by atoms with Crippen LogP contribution in [0.1, 0.15) is 11.1 Å².